The second kappa shape index (κ2) is 7.88. The summed E-state index contributed by atoms with van der Waals surface area (Å²) in [6.07, 6.45) is 0. The van der Waals surface area contributed by atoms with Gasteiger partial charge in [-0.05, 0) is 42.8 Å². The number of carbonyl (C=O) groups is 1. The fourth-order valence-corrected chi connectivity index (χ4v) is 4.30. The topological polar surface area (TPSA) is 82.6 Å². The van der Waals surface area contributed by atoms with E-state index in [2.05, 4.69) is 18.3 Å². The summed E-state index contributed by atoms with van der Waals surface area (Å²) in [7, 11) is 1.37. The van der Waals surface area contributed by atoms with E-state index in [1.54, 1.807) is 23.5 Å². The second-order valence-electron chi connectivity index (χ2n) is 7.08. The smallest absolute Gasteiger partial charge is 0.337 e. The molecule has 1 aliphatic heterocycles. The molecule has 3 heterocycles. The third-order valence-electron chi connectivity index (χ3n) is 4.98. The van der Waals surface area contributed by atoms with Crippen LogP contribution in [0.3, 0.4) is 0 Å². The summed E-state index contributed by atoms with van der Waals surface area (Å²) in [6.45, 7) is 2.89. The molecule has 8 heteroatoms. The second-order valence-corrected chi connectivity index (χ2v) is 8.32. The highest BCUT2D eigenvalue weighted by Crippen LogP contribution is 2.34. The number of anilines is 1. The Morgan fingerprint density at radius 1 is 1.10 bits per heavy atom. The molecular weight excluding hydrogens is 414 g/mol. The normalized spacial score (nSPS) is 12.2. The van der Waals surface area contributed by atoms with Gasteiger partial charge in [0, 0.05) is 17.0 Å². The maximum atomic E-state index is 11.7. The van der Waals surface area contributed by atoms with E-state index in [1.165, 1.54) is 7.11 Å². The van der Waals surface area contributed by atoms with Crippen molar-refractivity contribution in [1.29, 1.82) is 0 Å². The summed E-state index contributed by atoms with van der Waals surface area (Å²) in [5.41, 5.74) is 2.37. The van der Waals surface area contributed by atoms with E-state index in [1.807, 2.05) is 30.3 Å². The number of aromatic nitrogens is 2. The molecule has 1 aliphatic rings. The minimum absolute atomic E-state index is 0.255. The predicted octanol–water partition coefficient (Wildman–Crippen LogP) is 4.79. The van der Waals surface area contributed by atoms with Crippen LogP contribution >= 0.6 is 11.3 Å². The number of methoxy groups -OCH3 is 1. The summed E-state index contributed by atoms with van der Waals surface area (Å²) in [5.74, 6) is 2.50. The Labute approximate surface area is 182 Å². The molecule has 2 aromatic heterocycles. The predicted molar refractivity (Wildman–Crippen MR) is 119 cm³/mol. The van der Waals surface area contributed by atoms with Crippen LogP contribution in [0.25, 0.3) is 21.6 Å². The number of esters is 1. The number of nitrogens with one attached hydrogen (secondary N) is 1. The molecular formula is C23H19N3O4S. The van der Waals surface area contributed by atoms with E-state index in [4.69, 9.17) is 24.2 Å². The number of carbonyl (C=O) groups excluding carboxylic acids is 1. The Morgan fingerprint density at radius 2 is 1.90 bits per heavy atom. The van der Waals surface area contributed by atoms with Gasteiger partial charge in [-0.1, -0.05) is 18.2 Å². The lowest BCUT2D eigenvalue weighted by molar-refractivity contribution is 0.0600. The average Bonchev–Trinajstić information content (AvgIpc) is 3.42. The first-order chi connectivity index (χ1) is 15.1. The van der Waals surface area contributed by atoms with Gasteiger partial charge in [-0.2, -0.15) is 0 Å². The van der Waals surface area contributed by atoms with Crippen molar-refractivity contribution in [2.24, 2.45) is 0 Å². The van der Waals surface area contributed by atoms with Gasteiger partial charge in [0.15, 0.2) is 17.3 Å². The van der Waals surface area contributed by atoms with E-state index in [0.717, 1.165) is 43.5 Å². The lowest BCUT2D eigenvalue weighted by atomic mass is 10.1. The van der Waals surface area contributed by atoms with Crippen LogP contribution in [-0.4, -0.2) is 29.8 Å². The number of benzene rings is 2. The fourth-order valence-electron chi connectivity index (χ4n) is 3.42. The van der Waals surface area contributed by atoms with E-state index in [0.29, 0.717) is 17.9 Å². The largest absolute Gasteiger partial charge is 0.465 e. The molecule has 0 bridgehead atoms. The third-order valence-corrected chi connectivity index (χ3v) is 5.92. The van der Waals surface area contributed by atoms with Crippen molar-refractivity contribution in [3.63, 3.8) is 0 Å². The van der Waals surface area contributed by atoms with Gasteiger partial charge in [0.05, 0.1) is 18.1 Å². The molecule has 7 nitrogen and oxygen atoms in total. The molecule has 0 aliphatic carbocycles. The van der Waals surface area contributed by atoms with Crippen LogP contribution in [0.15, 0.2) is 48.5 Å². The Morgan fingerprint density at radius 3 is 2.71 bits per heavy atom. The number of aryl methyl sites for hydroxylation is 1. The number of nitrogens with zero attached hydrogens (tertiary/aromatic N) is 2. The monoisotopic (exact) mass is 433 g/mol. The lowest BCUT2D eigenvalue weighted by Gasteiger charge is -2.10. The summed E-state index contributed by atoms with van der Waals surface area (Å²) in [6, 6.07) is 15.1. The van der Waals surface area contributed by atoms with Crippen LogP contribution in [0.1, 0.15) is 20.8 Å². The van der Waals surface area contributed by atoms with Crippen LogP contribution in [0, 0.1) is 6.92 Å². The Bertz CT molecular complexity index is 1280. The highest BCUT2D eigenvalue weighted by molar-refractivity contribution is 7.18. The SMILES string of the molecule is COC(=O)c1ccc(-c2nc(NCc3ccc4c(c3)OCO4)c3cc(C)sc3n2)cc1. The van der Waals surface area contributed by atoms with E-state index in [9.17, 15) is 4.79 Å². The molecule has 0 fully saturated rings. The number of hydrogen-bond donors (Lipinski definition) is 1. The van der Waals surface area contributed by atoms with Gasteiger partial charge in [-0.15, -0.1) is 11.3 Å². The molecule has 1 N–H and O–H groups in total. The van der Waals surface area contributed by atoms with Crippen molar-refractivity contribution in [1.82, 2.24) is 9.97 Å². The first kappa shape index (κ1) is 19.3. The molecule has 0 radical (unpaired) electrons. The first-order valence-corrected chi connectivity index (χ1v) is 10.5. The first-order valence-electron chi connectivity index (χ1n) is 9.70. The standard InChI is InChI=1S/C23H19N3O4S/c1-13-9-17-21(24-11-14-3-8-18-19(10-14)30-12-29-18)25-20(26-22(17)31-13)15-4-6-16(7-5-15)23(27)28-2/h3-10H,11-12H2,1-2H3,(H,24,25,26). The van der Waals surface area contributed by atoms with Gasteiger partial charge in [0.2, 0.25) is 6.79 Å². The Balaban J connectivity index is 1.46. The quantitative estimate of drug-likeness (QED) is 0.453. The molecule has 0 amide bonds. The van der Waals surface area contributed by atoms with Crippen molar-refractivity contribution >= 4 is 33.3 Å². The zero-order chi connectivity index (χ0) is 21.4. The summed E-state index contributed by atoms with van der Waals surface area (Å²) in [5, 5.41) is 4.43. The van der Waals surface area contributed by atoms with Crippen molar-refractivity contribution in [3.8, 4) is 22.9 Å². The van der Waals surface area contributed by atoms with Gasteiger partial charge in [-0.25, -0.2) is 14.8 Å². The molecule has 4 aromatic rings. The van der Waals surface area contributed by atoms with Crippen molar-refractivity contribution in [3.05, 3.63) is 64.5 Å². The van der Waals surface area contributed by atoms with E-state index >= 15 is 0 Å². The summed E-state index contributed by atoms with van der Waals surface area (Å²) < 4.78 is 15.6. The Hall–Kier alpha value is -3.65. The maximum absolute atomic E-state index is 11.7. The molecule has 2 aromatic carbocycles. The van der Waals surface area contributed by atoms with Gasteiger partial charge in [0.25, 0.3) is 0 Å². The fraction of sp³-hybridized carbons (Fsp3) is 0.174. The van der Waals surface area contributed by atoms with Gasteiger partial charge in [0.1, 0.15) is 10.6 Å². The van der Waals surface area contributed by atoms with E-state index < -0.39 is 0 Å². The molecule has 0 spiro atoms. The number of fused-ring (bicyclic) bond motifs is 2. The van der Waals surface area contributed by atoms with Gasteiger partial charge in [-0.3, -0.25) is 0 Å². The van der Waals surface area contributed by atoms with Crippen LogP contribution in [0.5, 0.6) is 11.5 Å². The minimum atomic E-state index is -0.372. The molecule has 0 unspecified atom stereocenters. The van der Waals surface area contributed by atoms with Crippen molar-refractivity contribution in [2.45, 2.75) is 13.5 Å². The number of thiophene rings is 1. The summed E-state index contributed by atoms with van der Waals surface area (Å²) in [4.78, 5) is 23.3. The number of rotatable bonds is 5. The highest BCUT2D eigenvalue weighted by Gasteiger charge is 2.15. The molecule has 0 atom stereocenters. The maximum Gasteiger partial charge on any atom is 0.337 e. The van der Waals surface area contributed by atoms with E-state index in [-0.39, 0.29) is 12.8 Å². The van der Waals surface area contributed by atoms with Gasteiger partial charge >= 0.3 is 5.97 Å². The number of ether oxygens (including phenoxy) is 3. The van der Waals surface area contributed by atoms with Crippen LogP contribution < -0.4 is 14.8 Å². The van der Waals surface area contributed by atoms with Crippen molar-refractivity contribution < 1.29 is 19.0 Å². The minimum Gasteiger partial charge on any atom is -0.465 e. The zero-order valence-corrected chi connectivity index (χ0v) is 17.8. The van der Waals surface area contributed by atoms with Crippen LogP contribution in [0.2, 0.25) is 0 Å². The summed E-state index contributed by atoms with van der Waals surface area (Å²) >= 11 is 1.62. The molecule has 156 valence electrons. The molecule has 31 heavy (non-hydrogen) atoms. The Kier molecular flexibility index (Phi) is 4.91. The highest BCUT2D eigenvalue weighted by atomic mass is 32.1. The molecule has 5 rings (SSSR count). The van der Waals surface area contributed by atoms with Crippen LogP contribution in [0.4, 0.5) is 5.82 Å². The third kappa shape index (κ3) is 3.77. The van der Waals surface area contributed by atoms with Crippen LogP contribution in [-0.2, 0) is 11.3 Å². The molecule has 0 saturated carbocycles. The van der Waals surface area contributed by atoms with Gasteiger partial charge < -0.3 is 19.5 Å². The zero-order valence-electron chi connectivity index (χ0n) is 17.0. The molecule has 0 saturated heterocycles. The number of hydrogen-bond acceptors (Lipinski definition) is 8. The lowest BCUT2D eigenvalue weighted by Crippen LogP contribution is -2.04. The average molecular weight is 433 g/mol. The van der Waals surface area contributed by atoms with Crippen molar-refractivity contribution in [2.75, 3.05) is 19.2 Å².